The second-order valence-corrected chi connectivity index (χ2v) is 12.0. The van der Waals surface area contributed by atoms with Gasteiger partial charge in [-0.3, -0.25) is 0 Å². The highest BCUT2D eigenvalue weighted by molar-refractivity contribution is 5.37. The minimum absolute atomic E-state index is 0.767. The van der Waals surface area contributed by atoms with Crippen LogP contribution < -0.4 is 0 Å². The van der Waals surface area contributed by atoms with Crippen molar-refractivity contribution in [3.05, 3.63) is 127 Å². The summed E-state index contributed by atoms with van der Waals surface area (Å²) < 4.78 is 0. The van der Waals surface area contributed by atoms with E-state index in [0.717, 1.165) is 5.92 Å². The molecular weight excluding hydrogens is 480 g/mol. The van der Waals surface area contributed by atoms with Crippen molar-refractivity contribution in [3.8, 4) is 0 Å². The molecule has 1 aliphatic rings. The zero-order chi connectivity index (χ0) is 30.4. The van der Waals surface area contributed by atoms with E-state index in [-0.39, 0.29) is 0 Å². The van der Waals surface area contributed by atoms with Crippen LogP contribution in [0.5, 0.6) is 0 Å². The number of rotatable bonds is 3. The summed E-state index contributed by atoms with van der Waals surface area (Å²) in [6.45, 7) is 28.4. The molecule has 3 aromatic rings. The van der Waals surface area contributed by atoms with Crippen LogP contribution in [-0.4, -0.2) is 0 Å². The van der Waals surface area contributed by atoms with E-state index >= 15 is 0 Å². The first-order valence-corrected chi connectivity index (χ1v) is 15.3. The molecule has 0 bridgehead atoms. The van der Waals surface area contributed by atoms with Crippen LogP contribution in [-0.2, 0) is 6.42 Å². The second kappa shape index (κ2) is 17.8. The molecule has 0 nitrogen and oxygen atoms in total. The molecule has 0 aliphatic heterocycles. The topological polar surface area (TPSA) is 0 Å². The van der Waals surface area contributed by atoms with Gasteiger partial charge in [-0.15, -0.1) is 0 Å². The number of allylic oxidation sites excluding steroid dienone is 4. The number of hydrogen-bond acceptors (Lipinski definition) is 0. The molecule has 3 aromatic carbocycles. The third-order valence-electron chi connectivity index (χ3n) is 8.54. The third-order valence-corrected chi connectivity index (χ3v) is 8.54. The van der Waals surface area contributed by atoms with Gasteiger partial charge in [-0.2, -0.15) is 0 Å². The van der Waals surface area contributed by atoms with Crippen LogP contribution in [0.1, 0.15) is 104 Å². The molecule has 0 radical (unpaired) electrons. The molecule has 1 aliphatic carbocycles. The van der Waals surface area contributed by atoms with Crippen LogP contribution in [0.3, 0.4) is 0 Å². The van der Waals surface area contributed by atoms with E-state index in [1.165, 1.54) is 86.9 Å². The smallest absolute Gasteiger partial charge is 0.0194 e. The average Bonchev–Trinajstić information content (AvgIpc) is 2.92. The van der Waals surface area contributed by atoms with Crippen LogP contribution in [0.2, 0.25) is 0 Å². The SMILES string of the molecule is CC1=CCC(C)C(C)=C1C.CCCCc1ccccc1.Cc1cc(C)c(C)c(C)c1.Cc1cc(C)c(C)cc1C. The van der Waals surface area contributed by atoms with Gasteiger partial charge in [-0.05, 0) is 151 Å². The van der Waals surface area contributed by atoms with Gasteiger partial charge in [0.25, 0.3) is 0 Å². The van der Waals surface area contributed by atoms with Crippen molar-refractivity contribution in [2.24, 2.45) is 5.92 Å². The Morgan fingerprint density at radius 2 is 1.10 bits per heavy atom. The summed E-state index contributed by atoms with van der Waals surface area (Å²) in [7, 11) is 0. The Balaban J connectivity index is 0.000000267. The lowest BCUT2D eigenvalue weighted by molar-refractivity contribution is 0.671. The second-order valence-electron chi connectivity index (χ2n) is 12.0. The van der Waals surface area contributed by atoms with Crippen LogP contribution in [0.25, 0.3) is 0 Å². The maximum absolute atomic E-state index is 2.34. The summed E-state index contributed by atoms with van der Waals surface area (Å²) >= 11 is 0. The molecule has 0 amide bonds. The maximum Gasteiger partial charge on any atom is -0.0194 e. The van der Waals surface area contributed by atoms with Crippen molar-refractivity contribution < 1.29 is 0 Å². The van der Waals surface area contributed by atoms with Crippen molar-refractivity contribution in [1.82, 2.24) is 0 Å². The predicted molar refractivity (Wildman–Crippen MR) is 182 cm³/mol. The summed E-state index contributed by atoms with van der Waals surface area (Å²) in [6, 6.07) is 19.6. The highest BCUT2D eigenvalue weighted by atomic mass is 14.2. The Morgan fingerprint density at radius 3 is 1.52 bits per heavy atom. The number of unbranched alkanes of at least 4 members (excludes halogenated alkanes) is 1. The molecule has 0 aromatic heterocycles. The van der Waals surface area contributed by atoms with Gasteiger partial charge in [0, 0.05) is 0 Å². The maximum atomic E-state index is 2.34. The summed E-state index contributed by atoms with van der Waals surface area (Å²) in [5.74, 6) is 0.767. The molecular formula is C40H58. The number of aryl methyl sites for hydroxylation is 8. The molecule has 0 spiro atoms. The van der Waals surface area contributed by atoms with Gasteiger partial charge in [-0.25, -0.2) is 0 Å². The zero-order valence-corrected chi connectivity index (χ0v) is 28.2. The fourth-order valence-electron chi connectivity index (χ4n) is 4.75. The van der Waals surface area contributed by atoms with E-state index in [1.54, 1.807) is 5.57 Å². The Hall–Kier alpha value is -2.86. The first-order valence-electron chi connectivity index (χ1n) is 15.3. The largest absolute Gasteiger partial charge is 0.0808 e. The highest BCUT2D eigenvalue weighted by Gasteiger charge is 2.11. The lowest BCUT2D eigenvalue weighted by Gasteiger charge is -2.19. The summed E-state index contributed by atoms with van der Waals surface area (Å²) in [5.41, 5.74) is 17.2. The van der Waals surface area contributed by atoms with Gasteiger partial charge in [0.05, 0.1) is 0 Å². The van der Waals surface area contributed by atoms with E-state index in [9.17, 15) is 0 Å². The van der Waals surface area contributed by atoms with E-state index in [1.807, 2.05) is 0 Å². The summed E-state index contributed by atoms with van der Waals surface area (Å²) in [5, 5.41) is 0. The fraction of sp³-hybridized carbons (Fsp3) is 0.450. The Bertz CT molecular complexity index is 1180. The molecule has 0 N–H and O–H groups in total. The molecule has 0 saturated carbocycles. The van der Waals surface area contributed by atoms with Crippen molar-refractivity contribution in [1.29, 1.82) is 0 Å². The van der Waals surface area contributed by atoms with E-state index < -0.39 is 0 Å². The molecule has 1 unspecified atom stereocenters. The van der Waals surface area contributed by atoms with Crippen LogP contribution in [0, 0.1) is 61.3 Å². The lowest BCUT2D eigenvalue weighted by Crippen LogP contribution is -2.03. The Morgan fingerprint density at radius 1 is 0.625 bits per heavy atom. The minimum Gasteiger partial charge on any atom is -0.0808 e. The predicted octanol–water partition coefficient (Wildman–Crippen LogP) is 12.2. The third kappa shape index (κ3) is 12.1. The van der Waals surface area contributed by atoms with Gasteiger partial charge in [0.1, 0.15) is 0 Å². The monoisotopic (exact) mass is 538 g/mol. The standard InChI is InChI=1S/2C10H14.C10H16.C10H14/c1-7-5-9(3)10(4)6-8(7)2;1-7-5-8(2)10(4)9(3)6-7;1-7-5-6-8(2)10(4)9(7)3;1-2-3-7-10-8-5-4-6-9-10/h2*5-6H,1-4H3;5,8H,6H2,1-4H3;4-6,8-9H,2-3,7H2,1H3. The quantitative estimate of drug-likeness (QED) is 0.311. The van der Waals surface area contributed by atoms with Gasteiger partial charge in [-0.1, -0.05) is 97.7 Å². The molecule has 1 atom stereocenters. The Labute approximate surface area is 248 Å². The van der Waals surface area contributed by atoms with Crippen LogP contribution >= 0.6 is 0 Å². The van der Waals surface area contributed by atoms with Crippen molar-refractivity contribution in [2.75, 3.05) is 0 Å². The van der Waals surface area contributed by atoms with Gasteiger partial charge in [0.2, 0.25) is 0 Å². The summed E-state index contributed by atoms with van der Waals surface area (Å²) in [6.07, 6.45) is 7.40. The number of hydrogen-bond donors (Lipinski definition) is 0. The van der Waals surface area contributed by atoms with Crippen molar-refractivity contribution >= 4 is 0 Å². The minimum atomic E-state index is 0.767. The van der Waals surface area contributed by atoms with Crippen molar-refractivity contribution in [2.45, 2.75) is 116 Å². The van der Waals surface area contributed by atoms with Gasteiger partial charge in [0.15, 0.2) is 0 Å². The van der Waals surface area contributed by atoms with Crippen LogP contribution in [0.4, 0.5) is 0 Å². The van der Waals surface area contributed by atoms with E-state index in [0.29, 0.717) is 0 Å². The highest BCUT2D eigenvalue weighted by Crippen LogP contribution is 2.28. The average molecular weight is 539 g/mol. The normalized spacial score (nSPS) is 14.1. The molecule has 0 heteroatoms. The lowest BCUT2D eigenvalue weighted by atomic mass is 9.86. The first kappa shape index (κ1) is 35.2. The molecule has 40 heavy (non-hydrogen) atoms. The molecule has 4 rings (SSSR count). The molecule has 0 saturated heterocycles. The fourth-order valence-corrected chi connectivity index (χ4v) is 4.75. The van der Waals surface area contributed by atoms with Crippen molar-refractivity contribution in [3.63, 3.8) is 0 Å². The molecule has 218 valence electrons. The number of benzene rings is 3. The van der Waals surface area contributed by atoms with E-state index in [4.69, 9.17) is 0 Å². The van der Waals surface area contributed by atoms with Gasteiger partial charge < -0.3 is 0 Å². The summed E-state index contributed by atoms with van der Waals surface area (Å²) in [4.78, 5) is 0. The molecule has 0 fully saturated rings. The van der Waals surface area contributed by atoms with E-state index in [2.05, 4.69) is 151 Å². The first-order chi connectivity index (χ1) is 18.8. The molecule has 0 heterocycles. The Kier molecular flexibility index (Phi) is 15.6. The van der Waals surface area contributed by atoms with Gasteiger partial charge >= 0.3 is 0 Å². The zero-order valence-electron chi connectivity index (χ0n) is 28.2. The van der Waals surface area contributed by atoms with Crippen LogP contribution in [0.15, 0.2) is 77.4 Å².